The first-order valence-electron chi connectivity index (χ1n) is 11.5. The maximum absolute atomic E-state index is 9.58. The van der Waals surface area contributed by atoms with Crippen molar-refractivity contribution in [1.29, 1.82) is 5.26 Å². The zero-order valence-electron chi connectivity index (χ0n) is 19.5. The van der Waals surface area contributed by atoms with E-state index in [1.54, 1.807) is 11.7 Å². The minimum atomic E-state index is 0. The van der Waals surface area contributed by atoms with Crippen LogP contribution >= 0.6 is 24.0 Å². The van der Waals surface area contributed by atoms with Gasteiger partial charge in [-0.1, -0.05) is 55.0 Å². The first-order chi connectivity index (χ1) is 16.2. The molecule has 0 amide bonds. The van der Waals surface area contributed by atoms with Crippen molar-refractivity contribution in [2.45, 2.75) is 37.5 Å². The van der Waals surface area contributed by atoms with Crippen LogP contribution in [0.3, 0.4) is 0 Å². The van der Waals surface area contributed by atoms with Crippen molar-refractivity contribution in [3.63, 3.8) is 0 Å². The average Bonchev–Trinajstić information content (AvgIpc) is 3.16. The van der Waals surface area contributed by atoms with E-state index in [9.17, 15) is 5.26 Å². The van der Waals surface area contributed by atoms with E-state index in [1.165, 1.54) is 24.8 Å². The minimum Gasteiger partial charge on any atom is -0.382 e. The van der Waals surface area contributed by atoms with E-state index in [0.717, 1.165) is 36.9 Å². The van der Waals surface area contributed by atoms with E-state index in [1.807, 2.05) is 30.3 Å². The Morgan fingerprint density at radius 2 is 1.79 bits per heavy atom. The monoisotopic (exact) mass is 569 g/mol. The van der Waals surface area contributed by atoms with Crippen molar-refractivity contribution in [2.24, 2.45) is 4.99 Å². The predicted octanol–water partition coefficient (Wildman–Crippen LogP) is 4.16. The maximum Gasteiger partial charge on any atom is 0.191 e. The quantitative estimate of drug-likeness (QED) is 0.164. The number of nitrogens with zero attached hydrogens (tertiary/aromatic N) is 4. The molecule has 0 saturated heterocycles. The molecule has 0 spiro atoms. The smallest absolute Gasteiger partial charge is 0.191 e. The molecule has 1 aromatic heterocycles. The Labute approximate surface area is 218 Å². The molecule has 1 saturated carbocycles. The van der Waals surface area contributed by atoms with Gasteiger partial charge in [0.2, 0.25) is 0 Å². The Hall–Kier alpha value is -3.06. The first-order valence-corrected chi connectivity index (χ1v) is 11.5. The number of para-hydroxylation sites is 1. The molecule has 1 aliphatic rings. The lowest BCUT2D eigenvalue weighted by Gasteiger charge is -2.43. The molecule has 3 aromatic rings. The Morgan fingerprint density at radius 3 is 2.38 bits per heavy atom. The normalized spacial score (nSPS) is 14.4. The average molecular weight is 569 g/mol. The number of hydrogen-bond acceptors (Lipinski definition) is 4. The number of nitrogens with two attached hydrogens (primary N) is 1. The highest BCUT2D eigenvalue weighted by molar-refractivity contribution is 14.0. The Kier molecular flexibility index (Phi) is 8.93. The maximum atomic E-state index is 9.58. The minimum absolute atomic E-state index is 0. The molecule has 1 heterocycles. The van der Waals surface area contributed by atoms with Crippen LogP contribution in [0.5, 0.6) is 0 Å². The lowest BCUT2D eigenvalue weighted by molar-refractivity contribution is 0.244. The fraction of sp³-hybridized carbons (Fsp3) is 0.346. The van der Waals surface area contributed by atoms with Gasteiger partial charge in [0, 0.05) is 25.6 Å². The Morgan fingerprint density at radius 1 is 1.12 bits per heavy atom. The van der Waals surface area contributed by atoms with Gasteiger partial charge >= 0.3 is 0 Å². The molecule has 4 N–H and O–H groups in total. The highest BCUT2D eigenvalue weighted by atomic mass is 127. The molecular weight excluding hydrogens is 537 g/mol. The SMILES string of the molecule is CN=C(NCCCc1nn(-c2ccccc2)c(N)c1C#N)NCC1(c2ccccc2)CCC1.I. The highest BCUT2D eigenvalue weighted by Crippen LogP contribution is 2.43. The number of nitrogens with one attached hydrogen (secondary N) is 2. The summed E-state index contributed by atoms with van der Waals surface area (Å²) in [4.78, 5) is 4.38. The van der Waals surface area contributed by atoms with Gasteiger partial charge in [-0.3, -0.25) is 4.99 Å². The van der Waals surface area contributed by atoms with Crippen LogP contribution in [-0.2, 0) is 11.8 Å². The summed E-state index contributed by atoms with van der Waals surface area (Å²) in [6.45, 7) is 1.59. The second-order valence-electron chi connectivity index (χ2n) is 8.52. The predicted molar refractivity (Wildman–Crippen MR) is 148 cm³/mol. The van der Waals surface area contributed by atoms with E-state index < -0.39 is 0 Å². The first kappa shape index (κ1) is 25.6. The number of aromatic nitrogens is 2. The van der Waals surface area contributed by atoms with Gasteiger partial charge in [-0.25, -0.2) is 4.68 Å². The summed E-state index contributed by atoms with van der Waals surface area (Å²) in [5.74, 6) is 1.18. The number of aliphatic imine (C=N–C) groups is 1. The van der Waals surface area contributed by atoms with Gasteiger partial charge in [0.05, 0.1) is 11.4 Å². The van der Waals surface area contributed by atoms with Crippen LogP contribution in [0.2, 0.25) is 0 Å². The Balaban J connectivity index is 0.00000324. The number of hydrogen-bond donors (Lipinski definition) is 3. The molecule has 1 aliphatic carbocycles. The van der Waals surface area contributed by atoms with Gasteiger partial charge in [-0.2, -0.15) is 10.4 Å². The lowest BCUT2D eigenvalue weighted by atomic mass is 9.64. The number of nitrogen functional groups attached to an aromatic ring is 1. The molecule has 178 valence electrons. The summed E-state index contributed by atoms with van der Waals surface area (Å²) >= 11 is 0. The van der Waals surface area contributed by atoms with Gasteiger partial charge in [-0.05, 0) is 43.4 Å². The van der Waals surface area contributed by atoms with Crippen LogP contribution in [-0.4, -0.2) is 35.9 Å². The summed E-state index contributed by atoms with van der Waals surface area (Å²) in [5.41, 5.74) is 9.82. The molecule has 0 radical (unpaired) electrons. The molecule has 0 aliphatic heterocycles. The van der Waals surface area contributed by atoms with Crippen LogP contribution in [0.4, 0.5) is 5.82 Å². The third-order valence-electron chi connectivity index (χ3n) is 6.50. The second kappa shape index (κ2) is 11.9. The van der Waals surface area contributed by atoms with Crippen LogP contribution in [0, 0.1) is 11.3 Å². The number of anilines is 1. The van der Waals surface area contributed by atoms with Crippen LogP contribution in [0.25, 0.3) is 5.69 Å². The molecule has 4 rings (SSSR count). The Bertz CT molecular complexity index is 1130. The highest BCUT2D eigenvalue weighted by Gasteiger charge is 2.38. The van der Waals surface area contributed by atoms with Crippen LogP contribution in [0.1, 0.15) is 42.5 Å². The number of halogens is 1. The topological polar surface area (TPSA) is 104 Å². The zero-order valence-corrected chi connectivity index (χ0v) is 21.8. The van der Waals surface area contributed by atoms with E-state index in [0.29, 0.717) is 17.8 Å². The largest absolute Gasteiger partial charge is 0.382 e. The van der Waals surface area contributed by atoms with Gasteiger partial charge in [-0.15, -0.1) is 24.0 Å². The number of guanidine groups is 1. The molecule has 0 bridgehead atoms. The van der Waals surface area contributed by atoms with Gasteiger partial charge in [0.15, 0.2) is 5.96 Å². The van der Waals surface area contributed by atoms with Crippen LogP contribution < -0.4 is 16.4 Å². The molecular formula is C26H32IN7. The summed E-state index contributed by atoms with van der Waals surface area (Å²) in [6, 6.07) is 22.6. The van der Waals surface area contributed by atoms with E-state index in [2.05, 4.69) is 57.1 Å². The lowest BCUT2D eigenvalue weighted by Crippen LogP contribution is -2.49. The van der Waals surface area contributed by atoms with E-state index in [4.69, 9.17) is 5.73 Å². The molecule has 0 unspecified atom stereocenters. The summed E-state index contributed by atoms with van der Waals surface area (Å²) in [6.07, 6.45) is 5.13. The van der Waals surface area contributed by atoms with Crippen LogP contribution in [0.15, 0.2) is 65.7 Å². The molecule has 2 aromatic carbocycles. The molecule has 1 fully saturated rings. The number of aryl methyl sites for hydroxylation is 1. The number of rotatable bonds is 8. The fourth-order valence-corrected chi connectivity index (χ4v) is 4.44. The fourth-order valence-electron chi connectivity index (χ4n) is 4.44. The zero-order chi connectivity index (χ0) is 23.1. The van der Waals surface area contributed by atoms with Crippen molar-refractivity contribution in [1.82, 2.24) is 20.4 Å². The standard InChI is InChI=1S/C26H31N7.HI/c1-29-25(31-19-26(15-9-16-26)20-10-4-2-5-11-20)30-17-8-14-23-22(18-27)24(28)33(32-23)21-12-6-3-7-13-21;/h2-7,10-13H,8-9,14-17,19,28H2,1H3,(H2,29,30,31);1H. The molecule has 8 heteroatoms. The van der Waals surface area contributed by atoms with Crippen molar-refractivity contribution in [3.05, 3.63) is 77.5 Å². The van der Waals surface area contributed by atoms with Crippen molar-refractivity contribution >= 4 is 35.8 Å². The van der Waals surface area contributed by atoms with Gasteiger partial charge < -0.3 is 16.4 Å². The molecule has 7 nitrogen and oxygen atoms in total. The van der Waals surface area contributed by atoms with Crippen molar-refractivity contribution < 1.29 is 0 Å². The van der Waals surface area contributed by atoms with Gasteiger partial charge in [0.25, 0.3) is 0 Å². The summed E-state index contributed by atoms with van der Waals surface area (Å²) in [7, 11) is 1.79. The van der Waals surface area contributed by atoms with Crippen molar-refractivity contribution in [2.75, 3.05) is 25.9 Å². The van der Waals surface area contributed by atoms with Crippen molar-refractivity contribution in [3.8, 4) is 11.8 Å². The van der Waals surface area contributed by atoms with E-state index >= 15 is 0 Å². The number of benzene rings is 2. The van der Waals surface area contributed by atoms with E-state index in [-0.39, 0.29) is 29.4 Å². The molecule has 34 heavy (non-hydrogen) atoms. The number of nitriles is 1. The summed E-state index contributed by atoms with van der Waals surface area (Å²) < 4.78 is 1.64. The summed E-state index contributed by atoms with van der Waals surface area (Å²) in [5, 5.41) is 21.1. The van der Waals surface area contributed by atoms with Gasteiger partial charge in [0.1, 0.15) is 17.5 Å². The third-order valence-corrected chi connectivity index (χ3v) is 6.50. The molecule has 0 atom stereocenters. The third kappa shape index (κ3) is 5.53. The second-order valence-corrected chi connectivity index (χ2v) is 8.52.